The lowest BCUT2D eigenvalue weighted by molar-refractivity contribution is 0.101. The van der Waals surface area contributed by atoms with Crippen LogP contribution in [0, 0.1) is 0 Å². The molecule has 2 N–H and O–H groups in total. The second-order valence-electron chi connectivity index (χ2n) is 15.0. The monoisotopic (exact) mass is 874 g/mol. The van der Waals surface area contributed by atoms with Gasteiger partial charge in [0.1, 0.15) is 11.5 Å². The molecule has 0 saturated heterocycles. The molecule has 2 amide bonds. The molecule has 0 bridgehead atoms. The van der Waals surface area contributed by atoms with Gasteiger partial charge in [-0.15, -0.1) is 0 Å². The lowest BCUT2D eigenvalue weighted by Gasteiger charge is -2.26. The molecule has 0 fully saturated rings. The number of hydrogen-bond donors (Lipinski definition) is 2. The van der Waals surface area contributed by atoms with E-state index in [1.807, 2.05) is 88.4 Å². The number of rotatable bonds is 17. The van der Waals surface area contributed by atoms with Crippen LogP contribution in [-0.2, 0) is 33.1 Å². The zero-order valence-corrected chi connectivity index (χ0v) is 37.0. The smallest absolute Gasteiger partial charge is 0.255 e. The highest BCUT2D eigenvalue weighted by molar-refractivity contribution is 7.89. The highest BCUT2D eigenvalue weighted by Crippen LogP contribution is 2.36. The van der Waals surface area contributed by atoms with Crippen LogP contribution in [0.5, 0.6) is 11.5 Å². The number of sulfonamides is 2. The molecule has 322 valence electrons. The van der Waals surface area contributed by atoms with E-state index in [0.717, 1.165) is 22.3 Å². The summed E-state index contributed by atoms with van der Waals surface area (Å²) < 4.78 is 68.6. The Labute approximate surface area is 364 Å². The lowest BCUT2D eigenvalue weighted by Crippen LogP contribution is -2.36. The number of benzene rings is 6. The van der Waals surface area contributed by atoms with Gasteiger partial charge < -0.3 is 20.1 Å². The van der Waals surface area contributed by atoms with Gasteiger partial charge in [-0.1, -0.05) is 72.8 Å². The zero-order chi connectivity index (χ0) is 44.6. The number of methoxy groups -OCH3 is 2. The van der Waals surface area contributed by atoms with Gasteiger partial charge in [0.15, 0.2) is 0 Å². The minimum Gasteiger partial charge on any atom is -0.495 e. The highest BCUT2D eigenvalue weighted by atomic mass is 32.2. The molecule has 6 rings (SSSR count). The van der Waals surface area contributed by atoms with Crippen molar-refractivity contribution in [2.75, 3.05) is 24.9 Å². The number of hydrogen-bond acceptors (Lipinski definition) is 8. The molecule has 14 heteroatoms. The zero-order valence-electron chi connectivity index (χ0n) is 35.4. The van der Waals surface area contributed by atoms with E-state index in [1.54, 1.807) is 36.4 Å². The van der Waals surface area contributed by atoms with Gasteiger partial charge in [0.2, 0.25) is 20.0 Å². The summed E-state index contributed by atoms with van der Waals surface area (Å²) in [6.07, 6.45) is 0. The third-order valence-electron chi connectivity index (χ3n) is 10.2. The lowest BCUT2D eigenvalue weighted by atomic mass is 10.0. The fraction of sp³-hybridized carbons (Fsp3) is 0.208. The molecule has 0 heterocycles. The molecular weight excluding hydrogens is 825 g/mol. The summed E-state index contributed by atoms with van der Waals surface area (Å²) in [4.78, 5) is 26.9. The Balaban J connectivity index is 1.12. The number of nitrogens with one attached hydrogen (secondary N) is 2. The Kier molecular flexibility index (Phi) is 14.3. The van der Waals surface area contributed by atoms with E-state index in [2.05, 4.69) is 10.6 Å². The van der Waals surface area contributed by atoms with Gasteiger partial charge >= 0.3 is 0 Å². The maximum absolute atomic E-state index is 13.6. The van der Waals surface area contributed by atoms with Crippen molar-refractivity contribution in [3.63, 3.8) is 0 Å². The normalized spacial score (nSPS) is 11.8. The van der Waals surface area contributed by atoms with E-state index < -0.39 is 31.9 Å². The van der Waals surface area contributed by atoms with E-state index >= 15 is 0 Å². The summed E-state index contributed by atoms with van der Waals surface area (Å²) in [6, 6.07) is 40.3. The van der Waals surface area contributed by atoms with Crippen LogP contribution in [0.4, 0.5) is 11.4 Å². The largest absolute Gasteiger partial charge is 0.495 e. The van der Waals surface area contributed by atoms with E-state index in [4.69, 9.17) is 9.47 Å². The van der Waals surface area contributed by atoms with Crippen LogP contribution in [0.25, 0.3) is 11.1 Å². The van der Waals surface area contributed by atoms with Gasteiger partial charge in [-0.2, -0.15) is 8.61 Å². The van der Waals surface area contributed by atoms with Gasteiger partial charge in [-0.3, -0.25) is 9.59 Å². The van der Waals surface area contributed by atoms with Crippen LogP contribution in [0.1, 0.15) is 59.5 Å². The molecule has 0 unspecified atom stereocenters. The van der Waals surface area contributed by atoms with Crippen LogP contribution in [-0.4, -0.2) is 63.6 Å². The minimum absolute atomic E-state index is 0.0805. The molecule has 0 aliphatic carbocycles. The summed E-state index contributed by atoms with van der Waals surface area (Å²) in [7, 11) is -4.74. The van der Waals surface area contributed by atoms with Crippen molar-refractivity contribution in [1.82, 2.24) is 8.61 Å². The average Bonchev–Trinajstić information content (AvgIpc) is 3.28. The highest BCUT2D eigenvalue weighted by Gasteiger charge is 2.29. The average molecular weight is 875 g/mol. The molecule has 6 aromatic rings. The first-order valence-corrected chi connectivity index (χ1v) is 22.8. The Hall–Kier alpha value is -6.32. The fourth-order valence-corrected chi connectivity index (χ4v) is 10.0. The molecule has 62 heavy (non-hydrogen) atoms. The van der Waals surface area contributed by atoms with Crippen LogP contribution in [0.2, 0.25) is 0 Å². The molecule has 0 atom stereocenters. The van der Waals surface area contributed by atoms with Gasteiger partial charge in [-0.05, 0) is 123 Å². The maximum atomic E-state index is 13.6. The first-order valence-electron chi connectivity index (χ1n) is 19.9. The number of anilines is 2. The summed E-state index contributed by atoms with van der Waals surface area (Å²) >= 11 is 0. The van der Waals surface area contributed by atoms with Crippen molar-refractivity contribution < 1.29 is 35.9 Å². The quantitative estimate of drug-likeness (QED) is 0.0922. The Morgan fingerprint density at radius 3 is 1.15 bits per heavy atom. The number of ether oxygens (including phenoxy) is 2. The van der Waals surface area contributed by atoms with Gasteiger partial charge in [0, 0.05) is 36.3 Å². The summed E-state index contributed by atoms with van der Waals surface area (Å²) in [5, 5.41) is 5.71. The van der Waals surface area contributed by atoms with E-state index in [1.165, 1.54) is 71.4 Å². The second-order valence-corrected chi connectivity index (χ2v) is 18.8. The third-order valence-corrected chi connectivity index (χ3v) is 14.3. The molecule has 0 saturated carbocycles. The molecule has 6 aromatic carbocycles. The van der Waals surface area contributed by atoms with Crippen molar-refractivity contribution in [2.24, 2.45) is 0 Å². The molecule has 0 aliphatic heterocycles. The van der Waals surface area contributed by atoms with Gasteiger partial charge in [0.05, 0.1) is 35.4 Å². The third kappa shape index (κ3) is 10.4. The van der Waals surface area contributed by atoms with Crippen molar-refractivity contribution in [2.45, 2.75) is 62.7 Å². The first-order chi connectivity index (χ1) is 29.6. The van der Waals surface area contributed by atoms with Crippen LogP contribution in [0.15, 0.2) is 155 Å². The number of amides is 2. The SMILES string of the molecule is COc1cc(-c2ccc(NC(=O)c3ccc(S(=O)(=O)N(Cc4ccccc4)C(C)C)cc3)c(OC)c2)ccc1NC(=O)c1ccc(S(=O)(=O)N(Cc2ccccc2)C(C)C)cc1. The van der Waals surface area contributed by atoms with Crippen LogP contribution >= 0.6 is 0 Å². The van der Waals surface area contributed by atoms with Crippen LogP contribution in [0.3, 0.4) is 0 Å². The molecule has 0 aromatic heterocycles. The van der Waals surface area contributed by atoms with Crippen molar-refractivity contribution in [1.29, 1.82) is 0 Å². The van der Waals surface area contributed by atoms with Crippen LogP contribution < -0.4 is 20.1 Å². The number of carbonyl (C=O) groups excluding carboxylic acids is 2. The van der Waals surface area contributed by atoms with Crippen molar-refractivity contribution >= 4 is 43.2 Å². The number of carbonyl (C=O) groups is 2. The topological polar surface area (TPSA) is 151 Å². The Morgan fingerprint density at radius 1 is 0.500 bits per heavy atom. The van der Waals surface area contributed by atoms with Crippen molar-refractivity contribution in [3.8, 4) is 22.6 Å². The second kappa shape index (κ2) is 19.6. The Bertz CT molecular complexity index is 2540. The first kappa shape index (κ1) is 45.2. The summed E-state index contributed by atoms with van der Waals surface area (Å²) in [6.45, 7) is 7.72. The number of nitrogens with zero attached hydrogens (tertiary/aromatic N) is 2. The van der Waals surface area contributed by atoms with E-state index in [-0.39, 0.29) is 46.1 Å². The molecular formula is C48H50N4O8S2. The predicted molar refractivity (Wildman–Crippen MR) is 242 cm³/mol. The fourth-order valence-electron chi connectivity index (χ4n) is 6.78. The Morgan fingerprint density at radius 2 is 0.839 bits per heavy atom. The van der Waals surface area contributed by atoms with Gasteiger partial charge in [-0.25, -0.2) is 16.8 Å². The molecule has 0 radical (unpaired) electrons. The van der Waals surface area contributed by atoms with Gasteiger partial charge in [0.25, 0.3) is 11.8 Å². The minimum atomic E-state index is -3.85. The summed E-state index contributed by atoms with van der Waals surface area (Å²) in [5.74, 6) is -0.156. The molecule has 0 spiro atoms. The standard InChI is InChI=1S/C48H50N4O8S2/c1-33(2)51(31-35-13-9-7-10-14-35)61(55,56)41-23-17-37(18-24-41)47(53)49-43-27-21-39(29-45(43)59-5)40-22-28-44(46(30-40)60-6)50-48(54)38-19-25-42(26-20-38)62(57,58)52(34(3)4)32-36-15-11-8-12-16-36/h7-30,33-34H,31-32H2,1-6H3,(H,49,53)(H,50,54). The van der Waals surface area contributed by atoms with Crippen molar-refractivity contribution in [3.05, 3.63) is 168 Å². The predicted octanol–water partition coefficient (Wildman–Crippen LogP) is 9.07. The van der Waals surface area contributed by atoms with E-state index in [0.29, 0.717) is 22.9 Å². The molecule has 0 aliphatic rings. The van der Waals surface area contributed by atoms with E-state index in [9.17, 15) is 26.4 Å². The summed E-state index contributed by atoms with van der Waals surface area (Å²) in [5.41, 5.74) is 4.51. The maximum Gasteiger partial charge on any atom is 0.255 e. The molecule has 12 nitrogen and oxygen atoms in total.